The third-order valence-corrected chi connectivity index (χ3v) is 6.20. The van der Waals surface area contributed by atoms with Crippen LogP contribution in [0, 0.1) is 5.82 Å². The first kappa shape index (κ1) is 21.0. The van der Waals surface area contributed by atoms with Crippen molar-refractivity contribution >= 4 is 34.0 Å². The Bertz CT molecular complexity index is 1220. The van der Waals surface area contributed by atoms with Gasteiger partial charge in [-0.2, -0.15) is 0 Å². The summed E-state index contributed by atoms with van der Waals surface area (Å²) < 4.78 is 14.8. The number of thiophene rings is 1. The van der Waals surface area contributed by atoms with Crippen LogP contribution in [0.2, 0.25) is 0 Å². The van der Waals surface area contributed by atoms with Crippen LogP contribution in [0.4, 0.5) is 15.2 Å². The normalized spacial score (nSPS) is 13.5. The molecule has 7 nitrogen and oxygen atoms in total. The van der Waals surface area contributed by atoms with E-state index in [1.807, 2.05) is 0 Å². The smallest absolute Gasteiger partial charge is 0.255 e. The number of amides is 2. The number of hydrogen-bond donors (Lipinski definition) is 3. The first-order valence-electron chi connectivity index (χ1n) is 9.53. The van der Waals surface area contributed by atoms with Crippen molar-refractivity contribution in [1.29, 1.82) is 0 Å². The molecule has 3 heterocycles. The van der Waals surface area contributed by atoms with Gasteiger partial charge in [-0.25, -0.2) is 9.37 Å². The summed E-state index contributed by atoms with van der Waals surface area (Å²) in [5.74, 6) is -0.805. The zero-order valence-electron chi connectivity index (χ0n) is 17.2. The number of pyridine rings is 1. The topological polar surface area (TPSA) is 109 Å². The molecular formula is C22H21FN4O3S. The number of nitrogens with zero attached hydrogens (tertiary/aromatic N) is 2. The third kappa shape index (κ3) is 3.89. The van der Waals surface area contributed by atoms with E-state index < -0.39 is 17.3 Å². The molecule has 31 heavy (non-hydrogen) atoms. The summed E-state index contributed by atoms with van der Waals surface area (Å²) in [6, 6.07) is 9.36. The van der Waals surface area contributed by atoms with Crippen molar-refractivity contribution < 1.29 is 19.1 Å². The van der Waals surface area contributed by atoms with Gasteiger partial charge in [-0.05, 0) is 43.7 Å². The molecule has 0 spiro atoms. The quantitative estimate of drug-likeness (QED) is 0.562. The lowest BCUT2D eigenvalue weighted by Gasteiger charge is -2.18. The van der Waals surface area contributed by atoms with Gasteiger partial charge in [0.05, 0.1) is 29.0 Å². The van der Waals surface area contributed by atoms with E-state index in [-0.39, 0.29) is 11.5 Å². The summed E-state index contributed by atoms with van der Waals surface area (Å²) in [6.07, 6.45) is 0. The Hall–Kier alpha value is -3.30. The number of carbonyl (C=O) groups excluding carboxylic acids is 2. The van der Waals surface area contributed by atoms with Crippen LogP contribution in [0.1, 0.15) is 45.8 Å². The highest BCUT2D eigenvalue weighted by atomic mass is 32.1. The Morgan fingerprint density at radius 2 is 1.97 bits per heavy atom. The molecule has 0 fully saturated rings. The molecule has 0 radical (unpaired) electrons. The van der Waals surface area contributed by atoms with Crippen molar-refractivity contribution in [3.05, 3.63) is 64.6 Å². The maximum absolute atomic E-state index is 14.8. The fourth-order valence-corrected chi connectivity index (χ4v) is 4.50. The van der Waals surface area contributed by atoms with Crippen molar-refractivity contribution in [3.63, 3.8) is 0 Å². The molecule has 4 N–H and O–H groups in total. The minimum atomic E-state index is -1.17. The third-order valence-electron chi connectivity index (χ3n) is 5.12. The van der Waals surface area contributed by atoms with Gasteiger partial charge in [0.25, 0.3) is 11.8 Å². The van der Waals surface area contributed by atoms with Crippen molar-refractivity contribution in [3.8, 4) is 10.4 Å². The van der Waals surface area contributed by atoms with Crippen LogP contribution < -0.4 is 11.1 Å². The van der Waals surface area contributed by atoms with Gasteiger partial charge in [0.1, 0.15) is 16.6 Å². The van der Waals surface area contributed by atoms with Crippen LogP contribution in [0.3, 0.4) is 0 Å². The van der Waals surface area contributed by atoms with Gasteiger partial charge in [-0.15, -0.1) is 11.3 Å². The van der Waals surface area contributed by atoms with Crippen LogP contribution in [-0.2, 0) is 12.1 Å². The molecule has 0 aliphatic carbocycles. The summed E-state index contributed by atoms with van der Waals surface area (Å²) in [5.41, 5.74) is 6.50. The fraction of sp³-hybridized carbons (Fsp3) is 0.227. The molecule has 2 amide bonds. The van der Waals surface area contributed by atoms with E-state index in [0.29, 0.717) is 44.6 Å². The van der Waals surface area contributed by atoms with E-state index in [1.54, 1.807) is 50.1 Å². The number of anilines is 2. The highest BCUT2D eigenvalue weighted by Gasteiger charge is 2.26. The van der Waals surface area contributed by atoms with Gasteiger partial charge in [0.15, 0.2) is 0 Å². The van der Waals surface area contributed by atoms with Crippen LogP contribution in [0.15, 0.2) is 36.4 Å². The number of nitrogens with one attached hydrogen (secondary N) is 1. The minimum absolute atomic E-state index is 0.0877. The van der Waals surface area contributed by atoms with Crippen molar-refractivity contribution in [2.75, 3.05) is 12.4 Å². The van der Waals surface area contributed by atoms with E-state index in [4.69, 9.17) is 5.73 Å². The number of aromatic nitrogens is 1. The number of rotatable bonds is 5. The summed E-state index contributed by atoms with van der Waals surface area (Å²) in [7, 11) is 1.70. The highest BCUT2D eigenvalue weighted by molar-refractivity contribution is 7.19. The Morgan fingerprint density at radius 1 is 1.26 bits per heavy atom. The summed E-state index contributed by atoms with van der Waals surface area (Å²) in [4.78, 5) is 30.6. The molecule has 0 saturated heterocycles. The molecule has 0 atom stereocenters. The SMILES string of the molecule is CN1Cc2nc(Nc3sc(-c4ccc(C(C)(C)O)cc4F)cc3C(N)=O)ccc2C1=O. The predicted molar refractivity (Wildman–Crippen MR) is 117 cm³/mol. The monoisotopic (exact) mass is 440 g/mol. The van der Waals surface area contributed by atoms with E-state index in [0.717, 1.165) is 0 Å². The van der Waals surface area contributed by atoms with E-state index in [2.05, 4.69) is 10.3 Å². The molecule has 9 heteroatoms. The largest absolute Gasteiger partial charge is 0.386 e. The number of primary amides is 1. The lowest BCUT2D eigenvalue weighted by Crippen LogP contribution is -2.17. The number of benzene rings is 1. The van der Waals surface area contributed by atoms with Crippen molar-refractivity contribution in [2.24, 2.45) is 5.73 Å². The van der Waals surface area contributed by atoms with Crippen LogP contribution in [0.25, 0.3) is 10.4 Å². The van der Waals surface area contributed by atoms with Gasteiger partial charge in [0.2, 0.25) is 0 Å². The number of carbonyl (C=O) groups is 2. The Labute approximate surface area is 182 Å². The van der Waals surface area contributed by atoms with E-state index >= 15 is 0 Å². The Morgan fingerprint density at radius 3 is 2.61 bits per heavy atom. The maximum Gasteiger partial charge on any atom is 0.255 e. The van der Waals surface area contributed by atoms with Crippen molar-refractivity contribution in [1.82, 2.24) is 9.88 Å². The molecule has 0 unspecified atom stereocenters. The molecular weight excluding hydrogens is 419 g/mol. The summed E-state index contributed by atoms with van der Waals surface area (Å²) in [6.45, 7) is 3.56. The average Bonchev–Trinajstić information content (AvgIpc) is 3.22. The van der Waals surface area contributed by atoms with Crippen LogP contribution in [0.5, 0.6) is 0 Å². The van der Waals surface area contributed by atoms with Gasteiger partial charge in [-0.3, -0.25) is 9.59 Å². The summed E-state index contributed by atoms with van der Waals surface area (Å²) >= 11 is 1.17. The molecule has 1 aromatic carbocycles. The molecule has 3 aromatic rings. The van der Waals surface area contributed by atoms with Gasteiger partial charge in [0, 0.05) is 17.5 Å². The average molecular weight is 441 g/mol. The molecule has 2 aromatic heterocycles. The van der Waals surface area contributed by atoms with E-state index in [9.17, 15) is 19.1 Å². The second kappa shape index (κ2) is 7.44. The number of hydrogen-bond acceptors (Lipinski definition) is 6. The number of nitrogens with two attached hydrogens (primary N) is 1. The molecule has 1 aliphatic heterocycles. The lowest BCUT2D eigenvalue weighted by atomic mass is 9.96. The molecule has 0 saturated carbocycles. The van der Waals surface area contributed by atoms with Gasteiger partial charge in [-0.1, -0.05) is 12.1 Å². The number of aliphatic hydroxyl groups is 1. The first-order valence-corrected chi connectivity index (χ1v) is 10.3. The molecule has 160 valence electrons. The zero-order chi connectivity index (χ0) is 22.5. The standard InChI is InChI=1S/C22H21FN4O3S/c1-22(2,30)11-4-5-12(15(23)8-11)17-9-14(19(24)28)20(31-17)26-18-7-6-13-16(25-18)10-27(3)21(13)29/h4-9,30H,10H2,1-3H3,(H2,24,28)(H,25,26). The van der Waals surface area contributed by atoms with Crippen molar-refractivity contribution in [2.45, 2.75) is 26.0 Å². The van der Waals surface area contributed by atoms with Crippen LogP contribution in [-0.4, -0.2) is 33.9 Å². The molecule has 4 rings (SSSR count). The lowest BCUT2D eigenvalue weighted by molar-refractivity contribution is 0.0781. The minimum Gasteiger partial charge on any atom is -0.386 e. The molecule has 0 bridgehead atoms. The summed E-state index contributed by atoms with van der Waals surface area (Å²) in [5, 5.41) is 13.6. The zero-order valence-corrected chi connectivity index (χ0v) is 18.0. The second-order valence-corrected chi connectivity index (χ2v) is 9.00. The first-order chi connectivity index (χ1) is 14.5. The van der Waals surface area contributed by atoms with Gasteiger partial charge >= 0.3 is 0 Å². The fourth-order valence-electron chi connectivity index (χ4n) is 3.40. The predicted octanol–water partition coefficient (Wildman–Crippen LogP) is 3.60. The Balaban J connectivity index is 1.69. The number of fused-ring (bicyclic) bond motifs is 1. The number of halogens is 1. The Kier molecular flexibility index (Phi) is 5.03. The van der Waals surface area contributed by atoms with Crippen LogP contribution >= 0.6 is 11.3 Å². The van der Waals surface area contributed by atoms with Gasteiger partial charge < -0.3 is 21.1 Å². The maximum atomic E-state index is 14.8. The van der Waals surface area contributed by atoms with E-state index in [1.165, 1.54) is 23.5 Å². The highest BCUT2D eigenvalue weighted by Crippen LogP contribution is 2.39. The molecule has 1 aliphatic rings. The second-order valence-electron chi connectivity index (χ2n) is 7.95.